The molecule has 0 heterocycles. The molecule has 0 aliphatic rings. The fourth-order valence-corrected chi connectivity index (χ4v) is 6.90. The zero-order valence-corrected chi connectivity index (χ0v) is 36.1. The Balaban J connectivity index is 4.33. The number of hydrogen-bond acceptors (Lipinski definition) is 6. The monoisotopic (exact) mass is 751 g/mol. The number of ether oxygens (including phenoxy) is 3. The van der Waals surface area contributed by atoms with Crippen LogP contribution in [0.25, 0.3) is 0 Å². The van der Waals surface area contributed by atoms with Crippen LogP contribution in [0.4, 0.5) is 0 Å². The molecule has 0 aromatic rings. The van der Waals surface area contributed by atoms with E-state index in [1.807, 2.05) is 0 Å². The molecule has 53 heavy (non-hydrogen) atoms. The third-order valence-corrected chi connectivity index (χ3v) is 10.8. The van der Waals surface area contributed by atoms with Gasteiger partial charge in [-0.1, -0.05) is 214 Å². The zero-order chi connectivity index (χ0) is 39.0. The maximum Gasteiger partial charge on any atom is 0.306 e. The lowest BCUT2D eigenvalue weighted by atomic mass is 10.00. The number of esters is 3. The molecule has 1 unspecified atom stereocenters. The number of rotatable bonds is 41. The molecule has 6 nitrogen and oxygen atoms in total. The number of carbonyl (C=O) groups excluding carboxylic acids is 3. The SMILES string of the molecule is CCCCCCCCCCCCCCC(=O)OC[C@H](COC(=O)CCCCCCCCCCCCC(C)C)OC(=O)CCCCCCCCC(C)CC. The molecule has 0 amide bonds. The smallest absolute Gasteiger partial charge is 0.306 e. The van der Waals surface area contributed by atoms with E-state index in [4.69, 9.17) is 14.2 Å². The molecule has 0 bridgehead atoms. The predicted octanol–water partition coefficient (Wildman–Crippen LogP) is 14.6. The highest BCUT2D eigenvalue weighted by atomic mass is 16.6. The van der Waals surface area contributed by atoms with Crippen molar-refractivity contribution in [1.29, 1.82) is 0 Å². The summed E-state index contributed by atoms with van der Waals surface area (Å²) in [6.45, 7) is 11.3. The fourth-order valence-electron chi connectivity index (χ4n) is 6.90. The van der Waals surface area contributed by atoms with Gasteiger partial charge >= 0.3 is 17.9 Å². The second-order valence-electron chi connectivity index (χ2n) is 16.8. The lowest BCUT2D eigenvalue weighted by molar-refractivity contribution is -0.167. The Kier molecular flexibility index (Phi) is 38.9. The van der Waals surface area contributed by atoms with E-state index in [0.717, 1.165) is 69.6 Å². The van der Waals surface area contributed by atoms with Gasteiger partial charge in [0.05, 0.1) is 0 Å². The molecule has 0 spiro atoms. The van der Waals surface area contributed by atoms with Crippen molar-refractivity contribution >= 4 is 17.9 Å². The van der Waals surface area contributed by atoms with Gasteiger partial charge in [-0.3, -0.25) is 14.4 Å². The third kappa shape index (κ3) is 39.9. The van der Waals surface area contributed by atoms with E-state index in [-0.39, 0.29) is 31.1 Å². The fraction of sp³-hybridized carbons (Fsp3) is 0.936. The van der Waals surface area contributed by atoms with Gasteiger partial charge in [0, 0.05) is 19.3 Å². The molecule has 0 saturated heterocycles. The van der Waals surface area contributed by atoms with Crippen LogP contribution >= 0.6 is 0 Å². The van der Waals surface area contributed by atoms with Crippen molar-refractivity contribution in [1.82, 2.24) is 0 Å². The average molecular weight is 751 g/mol. The molecule has 0 radical (unpaired) electrons. The predicted molar refractivity (Wildman–Crippen MR) is 224 cm³/mol. The Bertz CT molecular complexity index is 811. The second kappa shape index (κ2) is 40.1. The van der Waals surface area contributed by atoms with Gasteiger partial charge in [-0.15, -0.1) is 0 Å². The van der Waals surface area contributed by atoms with Crippen molar-refractivity contribution < 1.29 is 28.6 Å². The summed E-state index contributed by atoms with van der Waals surface area (Å²) in [5, 5.41) is 0. The minimum Gasteiger partial charge on any atom is -0.462 e. The van der Waals surface area contributed by atoms with Crippen LogP contribution in [0.5, 0.6) is 0 Å². The Labute approximate surface area is 329 Å². The van der Waals surface area contributed by atoms with Gasteiger partial charge in [-0.25, -0.2) is 0 Å². The molecular weight excluding hydrogens is 661 g/mol. The summed E-state index contributed by atoms with van der Waals surface area (Å²) in [5.74, 6) is 0.769. The van der Waals surface area contributed by atoms with Crippen LogP contribution in [0.2, 0.25) is 0 Å². The van der Waals surface area contributed by atoms with Crippen molar-refractivity contribution in [3.63, 3.8) is 0 Å². The lowest BCUT2D eigenvalue weighted by Gasteiger charge is -2.18. The van der Waals surface area contributed by atoms with E-state index < -0.39 is 6.10 Å². The van der Waals surface area contributed by atoms with Crippen molar-refractivity contribution in [3.05, 3.63) is 0 Å². The first-order valence-corrected chi connectivity index (χ1v) is 23.3. The third-order valence-electron chi connectivity index (χ3n) is 10.8. The summed E-state index contributed by atoms with van der Waals surface area (Å²) in [5.41, 5.74) is 0. The molecule has 0 N–H and O–H groups in total. The Morgan fingerprint density at radius 3 is 1.08 bits per heavy atom. The van der Waals surface area contributed by atoms with Crippen molar-refractivity contribution in [2.45, 2.75) is 259 Å². The highest BCUT2D eigenvalue weighted by molar-refractivity contribution is 5.71. The molecule has 6 heteroatoms. The first kappa shape index (κ1) is 51.4. The number of unbranched alkanes of at least 4 members (excludes halogenated alkanes) is 25. The van der Waals surface area contributed by atoms with Crippen molar-refractivity contribution in [3.8, 4) is 0 Å². The van der Waals surface area contributed by atoms with Crippen LogP contribution in [0.1, 0.15) is 253 Å². The van der Waals surface area contributed by atoms with E-state index in [1.165, 1.54) is 141 Å². The van der Waals surface area contributed by atoms with Crippen molar-refractivity contribution in [2.75, 3.05) is 13.2 Å². The Morgan fingerprint density at radius 1 is 0.396 bits per heavy atom. The van der Waals surface area contributed by atoms with Crippen LogP contribution in [-0.4, -0.2) is 37.2 Å². The second-order valence-corrected chi connectivity index (χ2v) is 16.8. The highest BCUT2D eigenvalue weighted by Gasteiger charge is 2.19. The maximum absolute atomic E-state index is 12.7. The lowest BCUT2D eigenvalue weighted by Crippen LogP contribution is -2.30. The van der Waals surface area contributed by atoms with E-state index in [1.54, 1.807) is 0 Å². The normalized spacial score (nSPS) is 12.6. The Hall–Kier alpha value is -1.59. The molecule has 314 valence electrons. The van der Waals surface area contributed by atoms with E-state index in [9.17, 15) is 14.4 Å². The maximum atomic E-state index is 12.7. The largest absolute Gasteiger partial charge is 0.462 e. The van der Waals surface area contributed by atoms with Crippen molar-refractivity contribution in [2.24, 2.45) is 11.8 Å². The summed E-state index contributed by atoms with van der Waals surface area (Å²) in [6.07, 6.45) is 38.0. The van der Waals surface area contributed by atoms with Crippen LogP contribution in [0, 0.1) is 11.8 Å². The van der Waals surface area contributed by atoms with Gasteiger partial charge in [0.25, 0.3) is 0 Å². The first-order chi connectivity index (χ1) is 25.8. The standard InChI is InChI=1S/C47H90O6/c1-6-8-9-10-11-12-13-14-18-21-27-32-37-45(48)51-40-44(53-47(50)39-34-29-24-23-26-31-36-43(5)7-2)41-52-46(49)38-33-28-22-19-16-15-17-20-25-30-35-42(3)4/h42-44H,6-41H2,1-5H3/t43?,44-/m1/s1. The van der Waals surface area contributed by atoms with Crippen LogP contribution < -0.4 is 0 Å². The number of hydrogen-bond donors (Lipinski definition) is 0. The van der Waals surface area contributed by atoms with Gasteiger partial charge < -0.3 is 14.2 Å². The molecule has 0 aliphatic heterocycles. The first-order valence-electron chi connectivity index (χ1n) is 23.3. The van der Waals surface area contributed by atoms with Gasteiger partial charge in [0.2, 0.25) is 0 Å². The average Bonchev–Trinajstić information content (AvgIpc) is 3.14. The van der Waals surface area contributed by atoms with Crippen LogP contribution in [0.15, 0.2) is 0 Å². The molecule has 0 aromatic heterocycles. The van der Waals surface area contributed by atoms with Gasteiger partial charge in [0.1, 0.15) is 13.2 Å². The Morgan fingerprint density at radius 2 is 0.717 bits per heavy atom. The molecular formula is C47H90O6. The van der Waals surface area contributed by atoms with Gasteiger partial charge in [-0.2, -0.15) is 0 Å². The topological polar surface area (TPSA) is 78.9 Å². The zero-order valence-electron chi connectivity index (χ0n) is 36.1. The summed E-state index contributed by atoms with van der Waals surface area (Å²) >= 11 is 0. The summed E-state index contributed by atoms with van der Waals surface area (Å²) in [6, 6.07) is 0. The molecule has 0 saturated carbocycles. The molecule has 0 aromatic carbocycles. The molecule has 0 rings (SSSR count). The minimum atomic E-state index is -0.761. The van der Waals surface area contributed by atoms with E-state index >= 15 is 0 Å². The van der Waals surface area contributed by atoms with Crippen LogP contribution in [0.3, 0.4) is 0 Å². The molecule has 0 fully saturated rings. The van der Waals surface area contributed by atoms with E-state index in [0.29, 0.717) is 19.3 Å². The van der Waals surface area contributed by atoms with Crippen LogP contribution in [-0.2, 0) is 28.6 Å². The summed E-state index contributed by atoms with van der Waals surface area (Å²) in [7, 11) is 0. The minimum absolute atomic E-state index is 0.0655. The quantitative estimate of drug-likeness (QED) is 0.0352. The van der Waals surface area contributed by atoms with Gasteiger partial charge in [0.15, 0.2) is 6.10 Å². The van der Waals surface area contributed by atoms with E-state index in [2.05, 4.69) is 34.6 Å². The number of carbonyl (C=O) groups is 3. The molecule has 2 atom stereocenters. The highest BCUT2D eigenvalue weighted by Crippen LogP contribution is 2.17. The van der Waals surface area contributed by atoms with Gasteiger partial charge in [-0.05, 0) is 31.1 Å². The summed E-state index contributed by atoms with van der Waals surface area (Å²) in [4.78, 5) is 37.7. The molecule has 0 aliphatic carbocycles. The summed E-state index contributed by atoms with van der Waals surface area (Å²) < 4.78 is 16.7.